The van der Waals surface area contributed by atoms with Gasteiger partial charge in [0.2, 0.25) is 0 Å². The molecule has 5 rings (SSSR count). The SMILES string of the molecule is CC(C)(O)CCc1ccnc(C(O)NC23CC(NC(=O)COc4ccc(Cl)c(F)c4)(C2)C3)c1. The number of amides is 1. The quantitative estimate of drug-likeness (QED) is 0.392. The Morgan fingerprint density at radius 2 is 2.00 bits per heavy atom. The Labute approximate surface area is 197 Å². The van der Waals surface area contributed by atoms with E-state index in [4.69, 9.17) is 16.3 Å². The van der Waals surface area contributed by atoms with Crippen molar-refractivity contribution in [3.05, 3.63) is 58.6 Å². The van der Waals surface area contributed by atoms with Crippen molar-refractivity contribution >= 4 is 17.5 Å². The van der Waals surface area contributed by atoms with Crippen LogP contribution in [-0.4, -0.2) is 44.4 Å². The molecule has 3 aliphatic carbocycles. The number of rotatable bonds is 10. The minimum Gasteiger partial charge on any atom is -0.484 e. The van der Waals surface area contributed by atoms with Crippen LogP contribution in [0, 0.1) is 5.82 Å². The Balaban J connectivity index is 1.23. The summed E-state index contributed by atoms with van der Waals surface area (Å²) >= 11 is 5.64. The lowest BCUT2D eigenvalue weighted by atomic mass is 9.44. The maximum absolute atomic E-state index is 13.5. The molecule has 2 bridgehead atoms. The molecular weight excluding hydrogens is 449 g/mol. The number of benzene rings is 1. The maximum atomic E-state index is 13.5. The van der Waals surface area contributed by atoms with E-state index in [1.165, 1.54) is 12.1 Å². The standard InChI is InChI=1S/C24H29ClFN3O4/c1-22(2,32)7-5-15-6-8-27-19(9-15)21(31)29-24-12-23(13-24,14-24)28-20(30)11-33-16-3-4-17(25)18(26)10-16/h3-4,6,8-10,21,29,31-32H,5,7,11-14H2,1-2H3,(H,28,30). The first-order chi connectivity index (χ1) is 15.5. The lowest BCUT2D eigenvalue weighted by molar-refractivity contribution is -0.151. The van der Waals surface area contributed by atoms with Crippen LogP contribution in [0.2, 0.25) is 5.02 Å². The van der Waals surface area contributed by atoms with Crippen LogP contribution >= 0.6 is 11.6 Å². The number of hydrogen-bond donors (Lipinski definition) is 4. The normalized spacial score (nSPS) is 24.4. The number of aromatic nitrogens is 1. The molecule has 0 radical (unpaired) electrons. The molecule has 1 heterocycles. The molecule has 178 valence electrons. The van der Waals surface area contributed by atoms with Gasteiger partial charge in [0.15, 0.2) is 6.61 Å². The van der Waals surface area contributed by atoms with Crippen LogP contribution in [0.3, 0.4) is 0 Å². The summed E-state index contributed by atoms with van der Waals surface area (Å²) in [4.78, 5) is 16.5. The van der Waals surface area contributed by atoms with Gasteiger partial charge in [-0.05, 0) is 75.8 Å². The first-order valence-electron chi connectivity index (χ1n) is 11.0. The largest absolute Gasteiger partial charge is 0.484 e. The molecule has 1 aromatic carbocycles. The summed E-state index contributed by atoms with van der Waals surface area (Å²) in [6.45, 7) is 3.33. The molecule has 0 aliphatic heterocycles. The first kappa shape index (κ1) is 23.9. The second-order valence-electron chi connectivity index (χ2n) is 9.95. The summed E-state index contributed by atoms with van der Waals surface area (Å²) in [5, 5.41) is 26.8. The number of nitrogens with one attached hydrogen (secondary N) is 2. The third kappa shape index (κ3) is 5.63. The highest BCUT2D eigenvalue weighted by atomic mass is 35.5. The Morgan fingerprint density at radius 1 is 1.27 bits per heavy atom. The minimum atomic E-state index is -0.913. The first-order valence-corrected chi connectivity index (χ1v) is 11.4. The number of nitrogens with zero attached hydrogens (tertiary/aromatic N) is 1. The molecule has 1 aromatic heterocycles. The Morgan fingerprint density at radius 3 is 2.67 bits per heavy atom. The number of aliphatic hydroxyl groups excluding tert-OH is 1. The van der Waals surface area contributed by atoms with E-state index < -0.39 is 17.6 Å². The average molecular weight is 478 g/mol. The fraction of sp³-hybridized carbons (Fsp3) is 0.500. The third-order valence-electron chi connectivity index (χ3n) is 6.29. The van der Waals surface area contributed by atoms with Gasteiger partial charge < -0.3 is 20.3 Å². The van der Waals surface area contributed by atoms with Crippen molar-refractivity contribution in [2.75, 3.05) is 6.61 Å². The van der Waals surface area contributed by atoms with Gasteiger partial charge in [-0.2, -0.15) is 0 Å². The van der Waals surface area contributed by atoms with Crippen LogP contribution in [-0.2, 0) is 11.2 Å². The molecule has 3 aliphatic rings. The van der Waals surface area contributed by atoms with Gasteiger partial charge in [0.1, 0.15) is 17.8 Å². The average Bonchev–Trinajstić information content (AvgIpc) is 2.70. The fourth-order valence-corrected chi connectivity index (χ4v) is 4.85. The fourth-order valence-electron chi connectivity index (χ4n) is 4.73. The molecule has 1 atom stereocenters. The van der Waals surface area contributed by atoms with Crippen LogP contribution in [0.5, 0.6) is 5.75 Å². The van der Waals surface area contributed by atoms with Crippen molar-refractivity contribution in [2.45, 2.75) is 68.9 Å². The predicted octanol–water partition coefficient (Wildman–Crippen LogP) is 3.03. The summed E-state index contributed by atoms with van der Waals surface area (Å²) in [5.74, 6) is -0.638. The second-order valence-corrected chi connectivity index (χ2v) is 10.4. The molecule has 33 heavy (non-hydrogen) atoms. The Kier molecular flexibility index (Phi) is 6.39. The van der Waals surface area contributed by atoms with Gasteiger partial charge in [-0.15, -0.1) is 0 Å². The van der Waals surface area contributed by atoms with E-state index in [0.29, 0.717) is 37.8 Å². The molecule has 3 fully saturated rings. The van der Waals surface area contributed by atoms with Crippen molar-refractivity contribution in [1.29, 1.82) is 0 Å². The van der Waals surface area contributed by atoms with Crippen LogP contribution in [0.4, 0.5) is 4.39 Å². The van der Waals surface area contributed by atoms with E-state index in [1.807, 2.05) is 12.1 Å². The zero-order chi connectivity index (χ0) is 23.9. The van der Waals surface area contributed by atoms with Crippen LogP contribution in [0.25, 0.3) is 0 Å². The van der Waals surface area contributed by atoms with E-state index >= 15 is 0 Å². The highest BCUT2D eigenvalue weighted by Crippen LogP contribution is 2.60. The van der Waals surface area contributed by atoms with Gasteiger partial charge >= 0.3 is 0 Å². The second kappa shape index (κ2) is 8.83. The van der Waals surface area contributed by atoms with E-state index in [9.17, 15) is 19.4 Å². The molecule has 2 aromatic rings. The predicted molar refractivity (Wildman–Crippen MR) is 121 cm³/mol. The van der Waals surface area contributed by atoms with E-state index in [2.05, 4.69) is 15.6 Å². The zero-order valence-corrected chi connectivity index (χ0v) is 19.5. The van der Waals surface area contributed by atoms with Crippen molar-refractivity contribution in [2.24, 2.45) is 0 Å². The topological polar surface area (TPSA) is 104 Å². The van der Waals surface area contributed by atoms with Gasteiger partial charge in [0, 0.05) is 23.3 Å². The van der Waals surface area contributed by atoms with Gasteiger partial charge in [0.05, 0.1) is 16.3 Å². The summed E-state index contributed by atoms with van der Waals surface area (Å²) in [6.07, 6.45) is 4.17. The molecule has 1 amide bonds. The molecule has 3 saturated carbocycles. The summed E-state index contributed by atoms with van der Waals surface area (Å²) in [6, 6.07) is 7.76. The number of halogens is 2. The van der Waals surface area contributed by atoms with Gasteiger partial charge in [-0.25, -0.2) is 4.39 Å². The number of carbonyl (C=O) groups is 1. The smallest absolute Gasteiger partial charge is 0.258 e. The Bertz CT molecular complexity index is 1020. The molecule has 7 nitrogen and oxygen atoms in total. The summed E-state index contributed by atoms with van der Waals surface area (Å²) in [7, 11) is 0. The molecular formula is C24H29ClFN3O4. The van der Waals surface area contributed by atoms with Crippen LogP contribution in [0.1, 0.15) is 57.0 Å². The van der Waals surface area contributed by atoms with Gasteiger partial charge in [-0.1, -0.05) is 11.6 Å². The van der Waals surface area contributed by atoms with Crippen molar-refractivity contribution in [3.63, 3.8) is 0 Å². The number of carbonyl (C=O) groups excluding carboxylic acids is 1. The van der Waals surface area contributed by atoms with Crippen molar-refractivity contribution in [1.82, 2.24) is 15.6 Å². The lowest BCUT2D eigenvalue weighted by Gasteiger charge is -2.71. The summed E-state index contributed by atoms with van der Waals surface area (Å²) < 4.78 is 18.8. The zero-order valence-electron chi connectivity index (χ0n) is 18.7. The monoisotopic (exact) mass is 477 g/mol. The van der Waals surface area contributed by atoms with Crippen LogP contribution < -0.4 is 15.4 Å². The van der Waals surface area contributed by atoms with E-state index in [1.54, 1.807) is 20.0 Å². The highest BCUT2D eigenvalue weighted by molar-refractivity contribution is 6.30. The number of aryl methyl sites for hydroxylation is 1. The Hall–Kier alpha value is -2.26. The molecule has 9 heteroatoms. The third-order valence-corrected chi connectivity index (χ3v) is 6.60. The number of ether oxygens (including phenoxy) is 1. The molecule has 0 saturated heterocycles. The number of hydrogen-bond acceptors (Lipinski definition) is 6. The van der Waals surface area contributed by atoms with Gasteiger partial charge in [0.25, 0.3) is 5.91 Å². The van der Waals surface area contributed by atoms with E-state index in [0.717, 1.165) is 11.6 Å². The van der Waals surface area contributed by atoms with Gasteiger partial charge in [-0.3, -0.25) is 15.1 Å². The molecule has 4 N–H and O–H groups in total. The number of aliphatic hydroxyl groups is 2. The van der Waals surface area contributed by atoms with Crippen molar-refractivity contribution < 1.29 is 24.1 Å². The van der Waals surface area contributed by atoms with Crippen molar-refractivity contribution in [3.8, 4) is 5.75 Å². The molecule has 1 unspecified atom stereocenters. The minimum absolute atomic E-state index is 0.00307. The highest BCUT2D eigenvalue weighted by Gasteiger charge is 2.69. The van der Waals surface area contributed by atoms with E-state index in [-0.39, 0.29) is 34.4 Å². The maximum Gasteiger partial charge on any atom is 0.258 e. The molecule has 0 spiro atoms. The summed E-state index contributed by atoms with van der Waals surface area (Å²) in [5.41, 5.74) is 0.276. The number of pyridine rings is 1. The lowest BCUT2D eigenvalue weighted by Crippen LogP contribution is -2.83. The van der Waals surface area contributed by atoms with Crippen LogP contribution in [0.15, 0.2) is 36.5 Å².